The Hall–Kier alpha value is -1.26. The van der Waals surface area contributed by atoms with E-state index in [9.17, 15) is 9.59 Å². The van der Waals surface area contributed by atoms with Crippen LogP contribution in [0.15, 0.2) is 0 Å². The molecular weight excluding hydrogens is 302 g/mol. The number of piperidine rings is 1. The van der Waals surface area contributed by atoms with Gasteiger partial charge in [0, 0.05) is 32.2 Å². The quantitative estimate of drug-likeness (QED) is 0.843. The Balaban J connectivity index is 1.53. The summed E-state index contributed by atoms with van der Waals surface area (Å²) in [6.07, 6.45) is 7.65. The van der Waals surface area contributed by atoms with Crippen LogP contribution in [0.5, 0.6) is 0 Å². The van der Waals surface area contributed by atoms with E-state index in [0.717, 1.165) is 51.7 Å². The monoisotopic (exact) mass is 335 g/mol. The minimum absolute atomic E-state index is 0.0327. The number of likely N-dealkylation sites (tertiary alicyclic amines) is 2. The molecular formula is C19H33N3O2. The second-order valence-corrected chi connectivity index (χ2v) is 8.14. The van der Waals surface area contributed by atoms with Crippen molar-refractivity contribution in [1.82, 2.24) is 15.1 Å². The van der Waals surface area contributed by atoms with E-state index in [0.29, 0.717) is 24.4 Å². The molecule has 1 aliphatic carbocycles. The van der Waals surface area contributed by atoms with Crippen LogP contribution in [0.1, 0.15) is 58.8 Å². The van der Waals surface area contributed by atoms with Crippen LogP contribution >= 0.6 is 0 Å². The number of rotatable bonds is 2. The summed E-state index contributed by atoms with van der Waals surface area (Å²) in [6, 6.07) is 0.454. The summed E-state index contributed by atoms with van der Waals surface area (Å²) in [5, 5.41) is 3.31. The molecule has 2 aliphatic heterocycles. The highest BCUT2D eigenvalue weighted by Crippen LogP contribution is 2.30. The topological polar surface area (TPSA) is 52.7 Å². The summed E-state index contributed by atoms with van der Waals surface area (Å²) >= 11 is 0. The van der Waals surface area contributed by atoms with Crippen molar-refractivity contribution in [3.63, 3.8) is 0 Å². The zero-order valence-corrected chi connectivity index (χ0v) is 15.3. The number of hydrogen-bond acceptors (Lipinski definition) is 2. The van der Waals surface area contributed by atoms with Crippen molar-refractivity contribution in [3.8, 4) is 0 Å². The van der Waals surface area contributed by atoms with Crippen molar-refractivity contribution in [2.45, 2.75) is 64.8 Å². The second-order valence-electron chi connectivity index (χ2n) is 8.14. The molecule has 0 radical (unpaired) electrons. The molecule has 0 aromatic heterocycles. The van der Waals surface area contributed by atoms with Gasteiger partial charge in [0.25, 0.3) is 0 Å². The number of hydrogen-bond donors (Lipinski definition) is 1. The number of nitrogens with zero attached hydrogens (tertiary/aromatic N) is 2. The highest BCUT2D eigenvalue weighted by molar-refractivity contribution is 5.81. The molecule has 2 heterocycles. The smallest absolute Gasteiger partial charge is 0.320 e. The maximum Gasteiger partial charge on any atom is 0.320 e. The molecule has 4 atom stereocenters. The minimum atomic E-state index is -0.0327. The fourth-order valence-electron chi connectivity index (χ4n) is 4.56. The lowest BCUT2D eigenvalue weighted by Crippen LogP contribution is -2.52. The number of carbonyl (C=O) groups is 2. The van der Waals surface area contributed by atoms with Gasteiger partial charge in [-0.05, 0) is 43.9 Å². The van der Waals surface area contributed by atoms with Gasteiger partial charge >= 0.3 is 6.03 Å². The first-order chi connectivity index (χ1) is 11.6. The van der Waals surface area contributed by atoms with Gasteiger partial charge < -0.3 is 15.1 Å². The molecule has 5 nitrogen and oxygen atoms in total. The Morgan fingerprint density at radius 1 is 0.875 bits per heavy atom. The molecule has 0 aromatic carbocycles. The Morgan fingerprint density at radius 2 is 1.58 bits per heavy atom. The van der Waals surface area contributed by atoms with Gasteiger partial charge in [0.2, 0.25) is 5.91 Å². The molecule has 2 saturated heterocycles. The first kappa shape index (κ1) is 17.6. The summed E-state index contributed by atoms with van der Waals surface area (Å²) < 4.78 is 0. The van der Waals surface area contributed by atoms with Crippen LogP contribution in [-0.2, 0) is 4.79 Å². The van der Waals surface area contributed by atoms with Gasteiger partial charge in [-0.2, -0.15) is 0 Å². The number of carbonyl (C=O) groups excluding carboxylic acids is 2. The van der Waals surface area contributed by atoms with Gasteiger partial charge in [-0.1, -0.05) is 26.7 Å². The van der Waals surface area contributed by atoms with Gasteiger partial charge in [0.15, 0.2) is 0 Å². The van der Waals surface area contributed by atoms with E-state index in [2.05, 4.69) is 19.2 Å². The van der Waals surface area contributed by atoms with Crippen molar-refractivity contribution in [3.05, 3.63) is 0 Å². The van der Waals surface area contributed by atoms with Crippen LogP contribution in [0, 0.1) is 17.8 Å². The van der Waals surface area contributed by atoms with E-state index < -0.39 is 0 Å². The van der Waals surface area contributed by atoms with Gasteiger partial charge in [-0.25, -0.2) is 4.79 Å². The summed E-state index contributed by atoms with van der Waals surface area (Å²) in [6.45, 7) is 7.71. The predicted octanol–water partition coefficient (Wildman–Crippen LogP) is 2.86. The molecule has 0 unspecified atom stereocenters. The average Bonchev–Trinajstić information content (AvgIpc) is 3.13. The predicted molar refractivity (Wildman–Crippen MR) is 94.6 cm³/mol. The third-order valence-corrected chi connectivity index (χ3v) is 6.47. The van der Waals surface area contributed by atoms with Crippen LogP contribution < -0.4 is 5.32 Å². The molecule has 3 amide bonds. The van der Waals surface area contributed by atoms with Crippen molar-refractivity contribution < 1.29 is 9.59 Å². The van der Waals surface area contributed by atoms with Gasteiger partial charge in [0.05, 0.1) is 5.92 Å². The molecule has 1 saturated carbocycles. The van der Waals surface area contributed by atoms with E-state index in [1.807, 2.05) is 9.80 Å². The highest BCUT2D eigenvalue weighted by atomic mass is 16.2. The van der Waals surface area contributed by atoms with Crippen LogP contribution in [0.25, 0.3) is 0 Å². The molecule has 3 fully saturated rings. The summed E-state index contributed by atoms with van der Waals surface area (Å²) in [7, 11) is 0. The van der Waals surface area contributed by atoms with Gasteiger partial charge in [-0.15, -0.1) is 0 Å². The van der Waals surface area contributed by atoms with Crippen molar-refractivity contribution >= 4 is 11.9 Å². The molecule has 3 rings (SSSR count). The maximum atomic E-state index is 12.7. The summed E-state index contributed by atoms with van der Waals surface area (Å²) in [5.74, 6) is 1.37. The Labute approximate surface area is 146 Å². The minimum Gasteiger partial charge on any atom is -0.353 e. The van der Waals surface area contributed by atoms with Crippen molar-refractivity contribution in [2.24, 2.45) is 17.8 Å². The highest BCUT2D eigenvalue weighted by Gasteiger charge is 2.34. The molecule has 0 aromatic rings. The van der Waals surface area contributed by atoms with Gasteiger partial charge in [0.1, 0.15) is 0 Å². The van der Waals surface area contributed by atoms with Crippen LogP contribution in [0.2, 0.25) is 0 Å². The molecule has 24 heavy (non-hydrogen) atoms. The van der Waals surface area contributed by atoms with Crippen molar-refractivity contribution in [1.29, 1.82) is 0 Å². The maximum absolute atomic E-state index is 12.7. The van der Waals surface area contributed by atoms with Crippen LogP contribution in [0.4, 0.5) is 4.79 Å². The van der Waals surface area contributed by atoms with E-state index in [1.165, 1.54) is 12.8 Å². The van der Waals surface area contributed by atoms with Gasteiger partial charge in [-0.3, -0.25) is 4.79 Å². The molecule has 0 bridgehead atoms. The molecule has 0 spiro atoms. The molecule has 136 valence electrons. The first-order valence-electron chi connectivity index (χ1n) is 9.90. The normalized spacial score (nSPS) is 34.2. The molecule has 3 aliphatic rings. The first-order valence-corrected chi connectivity index (χ1v) is 9.90. The lowest BCUT2D eigenvalue weighted by atomic mass is 9.78. The third-order valence-electron chi connectivity index (χ3n) is 6.47. The summed E-state index contributed by atoms with van der Waals surface area (Å²) in [4.78, 5) is 29.2. The van der Waals surface area contributed by atoms with E-state index in [1.54, 1.807) is 0 Å². The largest absolute Gasteiger partial charge is 0.353 e. The fourth-order valence-corrected chi connectivity index (χ4v) is 4.56. The summed E-state index contributed by atoms with van der Waals surface area (Å²) in [5.41, 5.74) is 0. The zero-order chi connectivity index (χ0) is 17.1. The van der Waals surface area contributed by atoms with Crippen LogP contribution in [-0.4, -0.2) is 54.0 Å². The van der Waals surface area contributed by atoms with Crippen molar-refractivity contribution in [2.75, 3.05) is 26.2 Å². The van der Waals surface area contributed by atoms with E-state index >= 15 is 0 Å². The Morgan fingerprint density at radius 3 is 2.33 bits per heavy atom. The van der Waals surface area contributed by atoms with E-state index in [-0.39, 0.29) is 17.9 Å². The zero-order valence-electron chi connectivity index (χ0n) is 15.3. The third kappa shape index (κ3) is 3.86. The lowest BCUT2D eigenvalue weighted by molar-refractivity contribution is -0.127. The number of amides is 3. The number of nitrogens with one attached hydrogen (secondary N) is 1. The SMILES string of the molecule is C[C@H]1[C@H](C)CCC[C@@H]1NC(=O)[C@H]1CCCN(C(=O)N2CCCC2)C1. The molecule has 5 heteroatoms. The Kier molecular flexibility index (Phi) is 5.67. The lowest BCUT2D eigenvalue weighted by Gasteiger charge is -2.38. The standard InChI is InChI=1S/C19H33N3O2/c1-14-7-5-9-17(15(14)2)20-18(23)16-8-6-12-22(13-16)19(24)21-10-3-4-11-21/h14-17H,3-13H2,1-2H3,(H,20,23)/t14-,15+,16+,17+/m1/s1. The Bertz CT molecular complexity index is 462. The van der Waals surface area contributed by atoms with Crippen LogP contribution in [0.3, 0.4) is 0 Å². The molecule has 1 N–H and O–H groups in total. The average molecular weight is 335 g/mol. The van der Waals surface area contributed by atoms with E-state index in [4.69, 9.17) is 0 Å². The fraction of sp³-hybridized carbons (Fsp3) is 0.895. The number of urea groups is 1. The second kappa shape index (κ2) is 7.75.